The number of Topliss-reactive ketones (excluding diaryl/α,β-unsaturated/α-hetero) is 1. The molecule has 0 saturated carbocycles. The SMILES string of the molecule is O=C1COc2ccc(C(=O)COC(=O)c3ccc(OCC4CCCO4)cc3)cc2N1. The van der Waals surface area contributed by atoms with Crippen molar-refractivity contribution in [1.29, 1.82) is 0 Å². The van der Waals surface area contributed by atoms with E-state index in [0.29, 0.717) is 34.9 Å². The minimum absolute atomic E-state index is 0.0594. The topological polar surface area (TPSA) is 100 Å². The van der Waals surface area contributed by atoms with Crippen molar-refractivity contribution in [3.8, 4) is 11.5 Å². The summed E-state index contributed by atoms with van der Waals surface area (Å²) < 4.78 is 21.5. The van der Waals surface area contributed by atoms with Crippen LogP contribution < -0.4 is 14.8 Å². The summed E-state index contributed by atoms with van der Waals surface area (Å²) in [4.78, 5) is 36.0. The zero-order valence-corrected chi connectivity index (χ0v) is 16.2. The van der Waals surface area contributed by atoms with Crippen LogP contribution in [0.2, 0.25) is 0 Å². The average Bonchev–Trinajstić information content (AvgIpc) is 3.29. The van der Waals surface area contributed by atoms with E-state index in [4.69, 9.17) is 18.9 Å². The van der Waals surface area contributed by atoms with Crippen molar-refractivity contribution in [2.45, 2.75) is 18.9 Å². The van der Waals surface area contributed by atoms with Crippen molar-refractivity contribution in [3.63, 3.8) is 0 Å². The molecule has 0 aliphatic carbocycles. The lowest BCUT2D eigenvalue weighted by atomic mass is 10.1. The number of nitrogens with one attached hydrogen (secondary N) is 1. The van der Waals surface area contributed by atoms with Gasteiger partial charge in [-0.15, -0.1) is 0 Å². The Kier molecular flexibility index (Phi) is 5.94. The van der Waals surface area contributed by atoms with E-state index in [1.807, 2.05) is 0 Å². The molecule has 1 N–H and O–H groups in total. The van der Waals surface area contributed by atoms with Crippen LogP contribution in [0.5, 0.6) is 11.5 Å². The van der Waals surface area contributed by atoms with E-state index in [2.05, 4.69) is 5.32 Å². The van der Waals surface area contributed by atoms with Gasteiger partial charge in [-0.3, -0.25) is 9.59 Å². The number of esters is 1. The third-order valence-corrected chi connectivity index (χ3v) is 4.82. The summed E-state index contributed by atoms with van der Waals surface area (Å²) in [6.07, 6.45) is 2.15. The normalized spacial score (nSPS) is 17.5. The molecule has 1 saturated heterocycles. The van der Waals surface area contributed by atoms with Crippen LogP contribution in [0.25, 0.3) is 0 Å². The van der Waals surface area contributed by atoms with Gasteiger partial charge in [-0.2, -0.15) is 0 Å². The van der Waals surface area contributed by atoms with Crippen molar-refractivity contribution in [1.82, 2.24) is 0 Å². The number of anilines is 1. The lowest BCUT2D eigenvalue weighted by Crippen LogP contribution is -2.25. The maximum Gasteiger partial charge on any atom is 0.338 e. The largest absolute Gasteiger partial charge is 0.491 e. The first-order valence-electron chi connectivity index (χ1n) is 9.70. The molecule has 8 nitrogen and oxygen atoms in total. The van der Waals surface area contributed by atoms with Crippen LogP contribution >= 0.6 is 0 Å². The summed E-state index contributed by atoms with van der Waals surface area (Å²) in [7, 11) is 0. The molecule has 8 heteroatoms. The van der Waals surface area contributed by atoms with Crippen molar-refractivity contribution in [3.05, 3.63) is 53.6 Å². The van der Waals surface area contributed by atoms with Crippen LogP contribution in [0.1, 0.15) is 33.6 Å². The molecular weight excluding hydrogens is 390 g/mol. The van der Waals surface area contributed by atoms with Gasteiger partial charge in [-0.1, -0.05) is 0 Å². The number of hydrogen-bond donors (Lipinski definition) is 1. The first kappa shape index (κ1) is 19.9. The van der Waals surface area contributed by atoms with Gasteiger partial charge in [0.05, 0.1) is 17.4 Å². The molecule has 30 heavy (non-hydrogen) atoms. The number of benzene rings is 2. The third kappa shape index (κ3) is 4.77. The molecule has 0 spiro atoms. The van der Waals surface area contributed by atoms with Crippen molar-refractivity contribution in [2.24, 2.45) is 0 Å². The number of carbonyl (C=O) groups is 3. The second kappa shape index (κ2) is 8.96. The molecule has 2 aliphatic rings. The van der Waals surface area contributed by atoms with Crippen LogP contribution in [-0.2, 0) is 14.3 Å². The van der Waals surface area contributed by atoms with Gasteiger partial charge in [0.1, 0.15) is 18.1 Å². The van der Waals surface area contributed by atoms with Crippen molar-refractivity contribution < 1.29 is 33.3 Å². The number of rotatable bonds is 7. The molecule has 2 aliphatic heterocycles. The Balaban J connectivity index is 1.29. The van der Waals surface area contributed by atoms with Gasteiger partial charge < -0.3 is 24.3 Å². The minimum atomic E-state index is -0.608. The highest BCUT2D eigenvalue weighted by atomic mass is 16.5. The van der Waals surface area contributed by atoms with E-state index in [1.54, 1.807) is 36.4 Å². The monoisotopic (exact) mass is 411 g/mol. The van der Waals surface area contributed by atoms with E-state index in [1.165, 1.54) is 6.07 Å². The molecule has 0 radical (unpaired) electrons. The molecular formula is C22H21NO7. The Bertz CT molecular complexity index is 948. The Hall–Kier alpha value is -3.39. The minimum Gasteiger partial charge on any atom is -0.491 e. The number of amides is 1. The van der Waals surface area contributed by atoms with Crippen LogP contribution in [0.3, 0.4) is 0 Å². The molecule has 2 aromatic rings. The summed E-state index contributed by atoms with van der Waals surface area (Å²) in [5, 5.41) is 2.64. The molecule has 156 valence electrons. The molecule has 1 fully saturated rings. The number of fused-ring (bicyclic) bond motifs is 1. The predicted octanol–water partition coefficient (Wildman–Crippen LogP) is 2.62. The Labute approximate surface area is 173 Å². The highest BCUT2D eigenvalue weighted by molar-refractivity contribution is 6.02. The lowest BCUT2D eigenvalue weighted by Gasteiger charge is -2.18. The van der Waals surface area contributed by atoms with E-state index in [9.17, 15) is 14.4 Å². The zero-order chi connectivity index (χ0) is 20.9. The third-order valence-electron chi connectivity index (χ3n) is 4.82. The summed E-state index contributed by atoms with van der Waals surface area (Å²) in [6.45, 7) is 0.774. The van der Waals surface area contributed by atoms with Crippen molar-refractivity contribution >= 4 is 23.3 Å². The van der Waals surface area contributed by atoms with Crippen LogP contribution in [-0.4, -0.2) is 50.2 Å². The fraction of sp³-hybridized carbons (Fsp3) is 0.318. The zero-order valence-electron chi connectivity index (χ0n) is 16.2. The Morgan fingerprint density at radius 2 is 1.90 bits per heavy atom. The maximum absolute atomic E-state index is 12.4. The van der Waals surface area contributed by atoms with Gasteiger partial charge in [0.15, 0.2) is 19.0 Å². The quantitative estimate of drug-likeness (QED) is 0.552. The summed E-state index contributed by atoms with van der Waals surface area (Å²) in [5.74, 6) is -0.158. The highest BCUT2D eigenvalue weighted by Gasteiger charge is 2.19. The molecule has 1 atom stereocenters. The summed E-state index contributed by atoms with van der Waals surface area (Å²) >= 11 is 0. The van der Waals surface area contributed by atoms with Gasteiger partial charge in [-0.05, 0) is 55.3 Å². The molecule has 2 aromatic carbocycles. The van der Waals surface area contributed by atoms with E-state index in [-0.39, 0.29) is 24.4 Å². The van der Waals surface area contributed by atoms with E-state index < -0.39 is 12.6 Å². The van der Waals surface area contributed by atoms with E-state index in [0.717, 1.165) is 19.4 Å². The van der Waals surface area contributed by atoms with Gasteiger partial charge in [0, 0.05) is 12.2 Å². The van der Waals surface area contributed by atoms with Gasteiger partial charge >= 0.3 is 5.97 Å². The van der Waals surface area contributed by atoms with Crippen LogP contribution in [0.4, 0.5) is 5.69 Å². The average molecular weight is 411 g/mol. The van der Waals surface area contributed by atoms with Crippen LogP contribution in [0, 0.1) is 0 Å². The Morgan fingerprint density at radius 3 is 2.67 bits per heavy atom. The first-order chi connectivity index (χ1) is 14.6. The Morgan fingerprint density at radius 1 is 1.10 bits per heavy atom. The first-order valence-corrected chi connectivity index (χ1v) is 9.70. The maximum atomic E-state index is 12.4. The second-order valence-electron chi connectivity index (χ2n) is 7.02. The predicted molar refractivity (Wildman–Crippen MR) is 106 cm³/mol. The smallest absolute Gasteiger partial charge is 0.338 e. The fourth-order valence-corrected chi connectivity index (χ4v) is 3.21. The number of ether oxygens (including phenoxy) is 4. The van der Waals surface area contributed by atoms with Crippen molar-refractivity contribution in [2.75, 3.05) is 31.7 Å². The molecule has 1 amide bonds. The molecule has 0 bridgehead atoms. The molecule has 1 unspecified atom stereocenters. The molecule has 0 aromatic heterocycles. The van der Waals surface area contributed by atoms with Crippen LogP contribution in [0.15, 0.2) is 42.5 Å². The van der Waals surface area contributed by atoms with Gasteiger partial charge in [-0.25, -0.2) is 4.79 Å². The van der Waals surface area contributed by atoms with Gasteiger partial charge in [0.25, 0.3) is 5.91 Å². The van der Waals surface area contributed by atoms with Gasteiger partial charge in [0.2, 0.25) is 0 Å². The summed E-state index contributed by atoms with van der Waals surface area (Å²) in [5.41, 5.74) is 1.05. The standard InChI is InChI=1S/C22H21NO7/c24-19(15-5-8-20-18(10-15)23-21(25)13-29-20)12-30-22(26)14-3-6-16(7-4-14)28-11-17-2-1-9-27-17/h3-8,10,17H,1-2,9,11-13H2,(H,23,25). The molecule has 2 heterocycles. The fourth-order valence-electron chi connectivity index (χ4n) is 3.21. The number of hydrogen-bond acceptors (Lipinski definition) is 7. The number of carbonyl (C=O) groups excluding carboxylic acids is 3. The molecule has 4 rings (SSSR count). The highest BCUT2D eigenvalue weighted by Crippen LogP contribution is 2.28. The lowest BCUT2D eigenvalue weighted by molar-refractivity contribution is -0.118. The van der Waals surface area contributed by atoms with E-state index >= 15 is 0 Å². The second-order valence-corrected chi connectivity index (χ2v) is 7.02. The summed E-state index contributed by atoms with van der Waals surface area (Å²) in [6, 6.07) is 11.2. The number of ketones is 1.